The molecule has 4 heteroatoms. The van der Waals surface area contributed by atoms with Crippen LogP contribution >= 0.6 is 0 Å². The van der Waals surface area contributed by atoms with Crippen LogP contribution in [0.2, 0.25) is 0 Å². The molecule has 1 saturated carbocycles. The fourth-order valence-corrected chi connectivity index (χ4v) is 2.55. The average Bonchev–Trinajstić information content (AvgIpc) is 2.79. The Hall–Kier alpha value is -0.610. The molecule has 106 valence electrons. The first kappa shape index (κ1) is 15.4. The molecule has 1 fully saturated rings. The second-order valence-corrected chi connectivity index (χ2v) is 5.80. The number of carbonyl (C=O) groups excluding carboxylic acids is 1. The number of hydrogen-bond donors (Lipinski definition) is 1. The highest BCUT2D eigenvalue weighted by atomic mass is 16.5. The van der Waals surface area contributed by atoms with Crippen LogP contribution in [0.3, 0.4) is 0 Å². The zero-order valence-electron chi connectivity index (χ0n) is 12.1. The van der Waals surface area contributed by atoms with Gasteiger partial charge in [-0.1, -0.05) is 12.8 Å². The molecule has 0 spiro atoms. The van der Waals surface area contributed by atoms with Crippen molar-refractivity contribution in [3.05, 3.63) is 0 Å². The Morgan fingerprint density at radius 2 is 2.06 bits per heavy atom. The van der Waals surface area contributed by atoms with E-state index in [0.29, 0.717) is 13.0 Å². The van der Waals surface area contributed by atoms with Crippen LogP contribution in [-0.4, -0.2) is 43.2 Å². The van der Waals surface area contributed by atoms with E-state index in [0.717, 1.165) is 19.0 Å². The molecule has 1 unspecified atom stereocenters. The van der Waals surface area contributed by atoms with E-state index in [1.165, 1.54) is 25.7 Å². The Kier molecular flexibility index (Phi) is 6.09. The van der Waals surface area contributed by atoms with Gasteiger partial charge in [-0.2, -0.15) is 0 Å². The summed E-state index contributed by atoms with van der Waals surface area (Å²) in [6.07, 6.45) is 6.09. The van der Waals surface area contributed by atoms with Gasteiger partial charge in [0.15, 0.2) is 0 Å². The van der Waals surface area contributed by atoms with Gasteiger partial charge < -0.3 is 15.4 Å². The molecule has 1 rings (SSSR count). The summed E-state index contributed by atoms with van der Waals surface area (Å²) in [5, 5.41) is 0. The number of carbonyl (C=O) groups is 1. The zero-order valence-corrected chi connectivity index (χ0v) is 12.1. The second kappa shape index (κ2) is 7.10. The van der Waals surface area contributed by atoms with Crippen molar-refractivity contribution in [2.24, 2.45) is 11.7 Å². The van der Waals surface area contributed by atoms with E-state index >= 15 is 0 Å². The molecular weight excluding hydrogens is 228 g/mol. The average molecular weight is 256 g/mol. The highest BCUT2D eigenvalue weighted by molar-refractivity contribution is 5.79. The summed E-state index contributed by atoms with van der Waals surface area (Å²) in [6.45, 7) is 5.93. The fraction of sp³-hybridized carbons (Fsp3) is 0.929. The maximum absolute atomic E-state index is 11.7. The lowest BCUT2D eigenvalue weighted by atomic mass is 9.99. The Bertz CT molecular complexity index is 261. The van der Waals surface area contributed by atoms with Crippen LogP contribution in [-0.2, 0) is 9.53 Å². The minimum absolute atomic E-state index is 0.292. The molecule has 0 aliphatic heterocycles. The summed E-state index contributed by atoms with van der Waals surface area (Å²) in [5.74, 6) is 0.542. The van der Waals surface area contributed by atoms with Crippen molar-refractivity contribution in [2.75, 3.05) is 26.7 Å². The molecule has 0 heterocycles. The Labute approximate surface area is 111 Å². The van der Waals surface area contributed by atoms with Gasteiger partial charge in [-0.15, -0.1) is 0 Å². The Balaban J connectivity index is 2.27. The number of hydrogen-bond acceptors (Lipinski definition) is 4. The van der Waals surface area contributed by atoms with E-state index < -0.39 is 5.54 Å². The predicted molar refractivity (Wildman–Crippen MR) is 73.3 cm³/mol. The number of rotatable bonds is 7. The van der Waals surface area contributed by atoms with Crippen molar-refractivity contribution in [2.45, 2.75) is 51.5 Å². The molecular formula is C14H28N2O2. The summed E-state index contributed by atoms with van der Waals surface area (Å²) in [7, 11) is 2.11. The summed E-state index contributed by atoms with van der Waals surface area (Å²) in [4.78, 5) is 13.9. The Morgan fingerprint density at radius 1 is 1.44 bits per heavy atom. The van der Waals surface area contributed by atoms with Crippen molar-refractivity contribution in [1.29, 1.82) is 0 Å². The van der Waals surface area contributed by atoms with Crippen LogP contribution in [0.25, 0.3) is 0 Å². The summed E-state index contributed by atoms with van der Waals surface area (Å²) in [6, 6.07) is 0. The van der Waals surface area contributed by atoms with Crippen LogP contribution in [0.15, 0.2) is 0 Å². The summed E-state index contributed by atoms with van der Waals surface area (Å²) >= 11 is 0. The molecule has 0 bridgehead atoms. The first-order valence-electron chi connectivity index (χ1n) is 7.10. The van der Waals surface area contributed by atoms with Gasteiger partial charge in [0.1, 0.15) is 5.54 Å². The van der Waals surface area contributed by atoms with Gasteiger partial charge in [0.05, 0.1) is 6.61 Å². The third kappa shape index (κ3) is 4.94. The van der Waals surface area contributed by atoms with Gasteiger partial charge in [0, 0.05) is 13.1 Å². The minimum Gasteiger partial charge on any atom is -0.465 e. The smallest absolute Gasteiger partial charge is 0.325 e. The molecule has 0 aromatic rings. The van der Waals surface area contributed by atoms with Gasteiger partial charge in [-0.25, -0.2) is 0 Å². The van der Waals surface area contributed by atoms with Crippen molar-refractivity contribution < 1.29 is 9.53 Å². The molecule has 1 aliphatic rings. The van der Waals surface area contributed by atoms with Crippen LogP contribution in [0.4, 0.5) is 0 Å². The standard InChI is InChI=1S/C14H28N2O2/c1-4-18-13(17)14(2,15)9-10-16(3)11-12-7-5-6-8-12/h12H,4-11,15H2,1-3H3. The van der Waals surface area contributed by atoms with Crippen LogP contribution in [0.1, 0.15) is 46.0 Å². The molecule has 4 nitrogen and oxygen atoms in total. The summed E-state index contributed by atoms with van der Waals surface area (Å²) < 4.78 is 4.99. The lowest BCUT2D eigenvalue weighted by Crippen LogP contribution is -2.48. The predicted octanol–water partition coefficient (Wildman–Crippen LogP) is 1.78. The second-order valence-electron chi connectivity index (χ2n) is 5.80. The molecule has 0 amide bonds. The van der Waals surface area contributed by atoms with Crippen molar-refractivity contribution in [3.8, 4) is 0 Å². The number of nitrogens with zero attached hydrogens (tertiary/aromatic N) is 1. The molecule has 18 heavy (non-hydrogen) atoms. The van der Waals surface area contributed by atoms with Gasteiger partial charge in [0.25, 0.3) is 0 Å². The lowest BCUT2D eigenvalue weighted by Gasteiger charge is -2.26. The zero-order chi connectivity index (χ0) is 13.6. The maximum atomic E-state index is 11.7. The lowest BCUT2D eigenvalue weighted by molar-refractivity contribution is -0.149. The molecule has 1 aliphatic carbocycles. The van der Waals surface area contributed by atoms with Gasteiger partial charge >= 0.3 is 5.97 Å². The van der Waals surface area contributed by atoms with Crippen LogP contribution in [0.5, 0.6) is 0 Å². The molecule has 2 N–H and O–H groups in total. The number of nitrogens with two attached hydrogens (primary N) is 1. The maximum Gasteiger partial charge on any atom is 0.325 e. The first-order chi connectivity index (χ1) is 8.45. The Morgan fingerprint density at radius 3 is 2.61 bits per heavy atom. The van der Waals surface area contributed by atoms with Crippen molar-refractivity contribution >= 4 is 5.97 Å². The molecule has 0 aromatic carbocycles. The van der Waals surface area contributed by atoms with E-state index in [1.54, 1.807) is 13.8 Å². The molecule has 0 radical (unpaired) electrons. The topological polar surface area (TPSA) is 55.6 Å². The van der Waals surface area contributed by atoms with Gasteiger partial charge in [-0.05, 0) is 46.1 Å². The number of ether oxygens (including phenoxy) is 1. The van der Waals surface area contributed by atoms with Gasteiger partial charge in [-0.3, -0.25) is 4.79 Å². The highest BCUT2D eigenvalue weighted by Crippen LogP contribution is 2.25. The van der Waals surface area contributed by atoms with Crippen molar-refractivity contribution in [3.63, 3.8) is 0 Å². The quantitative estimate of drug-likeness (QED) is 0.705. The van der Waals surface area contributed by atoms with E-state index in [-0.39, 0.29) is 5.97 Å². The van der Waals surface area contributed by atoms with Crippen molar-refractivity contribution in [1.82, 2.24) is 4.90 Å². The largest absolute Gasteiger partial charge is 0.465 e. The van der Waals surface area contributed by atoms with Crippen LogP contribution < -0.4 is 5.73 Å². The minimum atomic E-state index is -0.861. The van der Waals surface area contributed by atoms with Gasteiger partial charge in [0.2, 0.25) is 0 Å². The molecule has 0 aromatic heterocycles. The fourth-order valence-electron chi connectivity index (χ4n) is 2.55. The van der Waals surface area contributed by atoms with E-state index in [1.807, 2.05) is 0 Å². The molecule has 1 atom stereocenters. The molecule has 0 saturated heterocycles. The normalized spacial score (nSPS) is 20.1. The monoisotopic (exact) mass is 256 g/mol. The SMILES string of the molecule is CCOC(=O)C(C)(N)CCN(C)CC1CCCC1. The third-order valence-electron chi connectivity index (χ3n) is 3.80. The first-order valence-corrected chi connectivity index (χ1v) is 7.10. The van der Waals surface area contributed by atoms with E-state index in [2.05, 4.69) is 11.9 Å². The third-order valence-corrected chi connectivity index (χ3v) is 3.80. The van der Waals surface area contributed by atoms with Crippen LogP contribution in [0, 0.1) is 5.92 Å². The highest BCUT2D eigenvalue weighted by Gasteiger charge is 2.30. The van der Waals surface area contributed by atoms with E-state index in [9.17, 15) is 4.79 Å². The van der Waals surface area contributed by atoms with E-state index in [4.69, 9.17) is 10.5 Å². The number of esters is 1. The summed E-state index contributed by atoms with van der Waals surface area (Å²) in [5.41, 5.74) is 5.14.